The van der Waals surface area contributed by atoms with Gasteiger partial charge in [-0.3, -0.25) is 9.98 Å². The molecule has 1 atom stereocenters. The summed E-state index contributed by atoms with van der Waals surface area (Å²) in [6.07, 6.45) is 3.20. The lowest BCUT2D eigenvalue weighted by Gasteiger charge is -2.09. The summed E-state index contributed by atoms with van der Waals surface area (Å²) in [4.78, 5) is 11.7. The van der Waals surface area contributed by atoms with Gasteiger partial charge < -0.3 is 5.32 Å². The fourth-order valence-corrected chi connectivity index (χ4v) is 0.568. The molecule has 0 radical (unpaired) electrons. The first kappa shape index (κ1) is 10.8. The summed E-state index contributed by atoms with van der Waals surface area (Å²) in [5.74, 6) is 0. The second-order valence-electron chi connectivity index (χ2n) is 2.42. The van der Waals surface area contributed by atoms with Gasteiger partial charge in [0, 0.05) is 19.8 Å². The molecule has 0 heterocycles. The van der Waals surface area contributed by atoms with E-state index in [2.05, 4.69) is 20.3 Å². The molecule has 0 spiro atoms. The zero-order valence-corrected chi connectivity index (χ0v) is 8.07. The highest BCUT2D eigenvalue weighted by Crippen LogP contribution is 1.85. The van der Waals surface area contributed by atoms with Gasteiger partial charge in [0.05, 0.1) is 12.4 Å². The molecule has 0 aromatic rings. The Bertz CT molecular complexity index is 193. The molecule has 0 aromatic carbocycles. The minimum absolute atomic E-state index is 0.201. The maximum absolute atomic E-state index is 4.10. The summed E-state index contributed by atoms with van der Waals surface area (Å²) < 4.78 is 0. The van der Waals surface area contributed by atoms with E-state index in [0.29, 0.717) is 0 Å². The lowest BCUT2D eigenvalue weighted by Crippen LogP contribution is -2.31. The topological polar surface area (TPSA) is 49.1 Å². The van der Waals surface area contributed by atoms with Crippen molar-refractivity contribution in [3.05, 3.63) is 0 Å². The maximum atomic E-state index is 4.10. The van der Waals surface area contributed by atoms with Gasteiger partial charge in [-0.25, -0.2) is 4.99 Å². The molecule has 0 saturated carbocycles. The summed E-state index contributed by atoms with van der Waals surface area (Å²) in [5.41, 5.74) is 0.987. The first-order chi connectivity index (χ1) is 5.72. The van der Waals surface area contributed by atoms with E-state index in [1.807, 2.05) is 13.8 Å². The second-order valence-corrected chi connectivity index (χ2v) is 2.42. The van der Waals surface area contributed by atoms with E-state index in [-0.39, 0.29) is 6.04 Å². The summed E-state index contributed by atoms with van der Waals surface area (Å²) in [6.45, 7) is 3.97. The van der Waals surface area contributed by atoms with Crippen LogP contribution in [0.25, 0.3) is 0 Å². The van der Waals surface area contributed by atoms with Gasteiger partial charge in [0.15, 0.2) is 0 Å². The quantitative estimate of drug-likeness (QED) is 0.488. The van der Waals surface area contributed by atoms with E-state index in [1.165, 1.54) is 6.34 Å². The van der Waals surface area contributed by atoms with Crippen molar-refractivity contribution in [2.24, 2.45) is 15.0 Å². The number of hydrogen-bond donors (Lipinski definition) is 1. The third-order valence-corrected chi connectivity index (χ3v) is 1.46. The highest BCUT2D eigenvalue weighted by Gasteiger charge is 2.00. The maximum Gasteiger partial charge on any atom is 0.109 e. The van der Waals surface area contributed by atoms with Crippen molar-refractivity contribution in [1.29, 1.82) is 0 Å². The van der Waals surface area contributed by atoms with Crippen molar-refractivity contribution < 1.29 is 0 Å². The van der Waals surface area contributed by atoms with E-state index in [1.54, 1.807) is 20.4 Å². The van der Waals surface area contributed by atoms with Crippen molar-refractivity contribution in [1.82, 2.24) is 5.32 Å². The smallest absolute Gasteiger partial charge is 0.109 e. The molecule has 68 valence electrons. The third kappa shape index (κ3) is 4.60. The Morgan fingerprint density at radius 3 is 2.50 bits per heavy atom. The number of aliphatic imine (C=N–C) groups is 3. The molecule has 0 aliphatic rings. The molecule has 12 heavy (non-hydrogen) atoms. The molecule has 0 amide bonds. The van der Waals surface area contributed by atoms with Crippen LogP contribution in [0.1, 0.15) is 13.8 Å². The van der Waals surface area contributed by atoms with Crippen LogP contribution in [-0.2, 0) is 0 Å². The van der Waals surface area contributed by atoms with E-state index in [0.717, 1.165) is 5.71 Å². The van der Waals surface area contributed by atoms with Crippen LogP contribution in [0.3, 0.4) is 0 Å². The normalized spacial score (nSPS) is 15.8. The van der Waals surface area contributed by atoms with E-state index >= 15 is 0 Å². The van der Waals surface area contributed by atoms with Crippen LogP contribution in [-0.4, -0.2) is 38.5 Å². The van der Waals surface area contributed by atoms with Crippen LogP contribution in [0.5, 0.6) is 0 Å². The molecule has 0 aliphatic heterocycles. The van der Waals surface area contributed by atoms with Gasteiger partial charge in [0.1, 0.15) is 6.34 Å². The standard InChI is InChI=1S/C8H16N4/c1-7(11-5-9-3)8(2)12-6-10-4/h5-7H,1-4H3,(H,9,11). The minimum atomic E-state index is 0.201. The summed E-state index contributed by atoms with van der Waals surface area (Å²) in [7, 11) is 3.42. The van der Waals surface area contributed by atoms with Crippen molar-refractivity contribution in [2.45, 2.75) is 19.9 Å². The highest BCUT2D eigenvalue weighted by molar-refractivity contribution is 5.93. The molecule has 4 nitrogen and oxygen atoms in total. The van der Waals surface area contributed by atoms with Crippen LogP contribution in [0, 0.1) is 0 Å². The number of nitrogens with one attached hydrogen (secondary N) is 1. The summed E-state index contributed by atoms with van der Waals surface area (Å²) in [5, 5.41) is 3.06. The van der Waals surface area contributed by atoms with E-state index in [4.69, 9.17) is 0 Å². The van der Waals surface area contributed by atoms with E-state index < -0.39 is 0 Å². The highest BCUT2D eigenvalue weighted by atomic mass is 15.0. The minimum Gasteiger partial charge on any atom is -0.369 e. The monoisotopic (exact) mass is 168 g/mol. The van der Waals surface area contributed by atoms with Gasteiger partial charge in [0.25, 0.3) is 0 Å². The first-order valence-corrected chi connectivity index (χ1v) is 3.84. The Labute approximate surface area is 73.5 Å². The molecule has 0 saturated heterocycles. The van der Waals surface area contributed by atoms with Gasteiger partial charge in [-0.1, -0.05) is 0 Å². The first-order valence-electron chi connectivity index (χ1n) is 3.84. The second kappa shape index (κ2) is 6.52. The Morgan fingerprint density at radius 1 is 1.33 bits per heavy atom. The summed E-state index contributed by atoms with van der Waals surface area (Å²) >= 11 is 0. The van der Waals surface area contributed by atoms with E-state index in [9.17, 15) is 0 Å². The average Bonchev–Trinajstić information content (AvgIpc) is 2.10. The van der Waals surface area contributed by atoms with Gasteiger partial charge in [-0.15, -0.1) is 0 Å². The number of hydrogen-bond acceptors (Lipinski definition) is 2. The Morgan fingerprint density at radius 2 is 2.00 bits per heavy atom. The third-order valence-electron chi connectivity index (χ3n) is 1.46. The number of rotatable bonds is 4. The molecule has 0 aliphatic carbocycles. The molecular formula is C8H16N4. The van der Waals surface area contributed by atoms with Crippen molar-refractivity contribution >= 4 is 18.4 Å². The van der Waals surface area contributed by atoms with Gasteiger partial charge in [-0.05, 0) is 13.8 Å². The van der Waals surface area contributed by atoms with Crippen LogP contribution in [0.15, 0.2) is 15.0 Å². The van der Waals surface area contributed by atoms with Gasteiger partial charge in [-0.2, -0.15) is 0 Å². The molecule has 0 fully saturated rings. The predicted octanol–water partition coefficient (Wildman–Crippen LogP) is 0.742. The van der Waals surface area contributed by atoms with Crippen molar-refractivity contribution in [3.63, 3.8) is 0 Å². The lowest BCUT2D eigenvalue weighted by atomic mass is 10.2. The largest absolute Gasteiger partial charge is 0.369 e. The lowest BCUT2D eigenvalue weighted by molar-refractivity contribution is 0.855. The molecule has 0 aromatic heterocycles. The zero-order chi connectivity index (χ0) is 9.40. The van der Waals surface area contributed by atoms with Gasteiger partial charge in [0.2, 0.25) is 0 Å². The molecule has 1 N–H and O–H groups in total. The molecular weight excluding hydrogens is 152 g/mol. The van der Waals surface area contributed by atoms with Crippen LogP contribution in [0.2, 0.25) is 0 Å². The molecule has 0 rings (SSSR count). The van der Waals surface area contributed by atoms with Crippen molar-refractivity contribution in [3.8, 4) is 0 Å². The molecule has 1 unspecified atom stereocenters. The number of nitrogens with zero attached hydrogens (tertiary/aromatic N) is 3. The summed E-state index contributed by atoms with van der Waals surface area (Å²) in [6, 6.07) is 0.201. The van der Waals surface area contributed by atoms with Crippen LogP contribution >= 0.6 is 0 Å². The Hall–Kier alpha value is -1.19. The Balaban J connectivity index is 3.99. The van der Waals surface area contributed by atoms with Crippen LogP contribution < -0.4 is 5.32 Å². The average molecular weight is 168 g/mol. The van der Waals surface area contributed by atoms with Crippen molar-refractivity contribution in [2.75, 3.05) is 14.1 Å². The molecule has 4 heteroatoms. The molecule has 0 bridgehead atoms. The fraction of sp³-hybridized carbons (Fsp3) is 0.625. The SMILES string of the molecule is CN=CN=C(C)C(C)NC=NC. The Kier molecular flexibility index (Phi) is 5.87. The zero-order valence-electron chi connectivity index (χ0n) is 8.07. The van der Waals surface area contributed by atoms with Crippen LogP contribution in [0.4, 0.5) is 0 Å². The van der Waals surface area contributed by atoms with Gasteiger partial charge >= 0.3 is 0 Å². The fourth-order valence-electron chi connectivity index (χ4n) is 0.568. The predicted molar refractivity (Wildman–Crippen MR) is 54.5 cm³/mol.